The summed E-state index contributed by atoms with van der Waals surface area (Å²) in [6.07, 6.45) is 6.41. The maximum Gasteiger partial charge on any atom is 0.156 e. The molecule has 1 aromatic carbocycles. The van der Waals surface area contributed by atoms with Crippen LogP contribution in [0, 0.1) is 11.7 Å². The van der Waals surface area contributed by atoms with E-state index >= 15 is 0 Å². The van der Waals surface area contributed by atoms with Crippen molar-refractivity contribution < 1.29 is 9.23 Å². The van der Waals surface area contributed by atoms with Crippen molar-refractivity contribution in [2.75, 3.05) is 14.1 Å². The molecule has 0 spiro atoms. The molecule has 0 radical (unpaired) electrons. The van der Waals surface area contributed by atoms with Crippen LogP contribution in [0.4, 0.5) is 4.39 Å². The van der Waals surface area contributed by atoms with Crippen LogP contribution >= 0.6 is 11.6 Å². The Hall–Kier alpha value is -1.81. The van der Waals surface area contributed by atoms with Crippen LogP contribution in [0.3, 0.4) is 0 Å². The van der Waals surface area contributed by atoms with Crippen LogP contribution in [0.25, 0.3) is 0 Å². The first-order valence-electron chi connectivity index (χ1n) is 6.78. The van der Waals surface area contributed by atoms with Gasteiger partial charge >= 0.3 is 0 Å². The summed E-state index contributed by atoms with van der Waals surface area (Å²) in [5.74, 6) is 0.228. The van der Waals surface area contributed by atoms with Crippen molar-refractivity contribution in [1.82, 2.24) is 4.90 Å². The highest BCUT2D eigenvalue weighted by atomic mass is 35.5. The Morgan fingerprint density at radius 1 is 1.43 bits per heavy atom. The molecule has 21 heavy (non-hydrogen) atoms. The minimum absolute atomic E-state index is 0.0324. The molecule has 0 saturated heterocycles. The van der Waals surface area contributed by atoms with Gasteiger partial charge in [0.05, 0.1) is 16.3 Å². The minimum atomic E-state index is -0.385. The fourth-order valence-electron chi connectivity index (χ4n) is 2.07. The number of rotatable bonds is 4. The predicted molar refractivity (Wildman–Crippen MR) is 83.7 cm³/mol. The first-order valence-corrected chi connectivity index (χ1v) is 7.16. The van der Waals surface area contributed by atoms with E-state index in [1.807, 2.05) is 44.3 Å². The molecule has 0 fully saturated rings. The normalized spacial score (nSPS) is 18.2. The van der Waals surface area contributed by atoms with Crippen molar-refractivity contribution >= 4 is 17.3 Å². The van der Waals surface area contributed by atoms with Crippen molar-refractivity contribution in [3.05, 3.63) is 58.7 Å². The van der Waals surface area contributed by atoms with E-state index in [2.05, 4.69) is 5.16 Å². The summed E-state index contributed by atoms with van der Waals surface area (Å²) in [5, 5.41) is 4.43. The molecular formula is C16H18ClFN2O. The minimum Gasteiger partial charge on any atom is -0.383 e. The van der Waals surface area contributed by atoms with Gasteiger partial charge in [0.25, 0.3) is 0 Å². The van der Waals surface area contributed by atoms with E-state index in [0.29, 0.717) is 22.1 Å². The van der Waals surface area contributed by atoms with Crippen molar-refractivity contribution in [2.45, 2.75) is 13.3 Å². The lowest BCUT2D eigenvalue weighted by Crippen LogP contribution is -2.19. The van der Waals surface area contributed by atoms with Crippen LogP contribution in [0.15, 0.2) is 47.5 Å². The van der Waals surface area contributed by atoms with Gasteiger partial charge in [0, 0.05) is 26.2 Å². The van der Waals surface area contributed by atoms with E-state index in [0.717, 1.165) is 6.42 Å². The molecule has 1 aliphatic heterocycles. The third-order valence-electron chi connectivity index (χ3n) is 3.16. The number of oxime groups is 1. The van der Waals surface area contributed by atoms with Gasteiger partial charge in [-0.2, -0.15) is 0 Å². The highest BCUT2D eigenvalue weighted by Gasteiger charge is 2.24. The number of benzene rings is 1. The summed E-state index contributed by atoms with van der Waals surface area (Å²) >= 11 is 6.11. The lowest BCUT2D eigenvalue weighted by atomic mass is 9.92. The Morgan fingerprint density at radius 2 is 2.19 bits per heavy atom. The molecule has 112 valence electrons. The second-order valence-electron chi connectivity index (χ2n) is 5.03. The number of nitrogens with zero attached hydrogens (tertiary/aromatic N) is 2. The van der Waals surface area contributed by atoms with Crippen LogP contribution in [0.1, 0.15) is 18.9 Å². The van der Waals surface area contributed by atoms with Gasteiger partial charge in [-0.1, -0.05) is 29.7 Å². The summed E-state index contributed by atoms with van der Waals surface area (Å²) in [6, 6.07) is 4.61. The summed E-state index contributed by atoms with van der Waals surface area (Å²) < 4.78 is 14.0. The zero-order chi connectivity index (χ0) is 15.4. The van der Waals surface area contributed by atoms with Crippen LogP contribution in [0.2, 0.25) is 5.02 Å². The standard InChI is InChI=1S/C16H18ClFN2O/c1-4-11-10-12(8-9-20(2)3)21-19-16(11)15-13(17)6-5-7-14(15)18/h5-11H,4H2,1-3H3/b9-8+. The Balaban J connectivity index is 2.32. The molecule has 2 rings (SSSR count). The molecule has 0 aliphatic carbocycles. The fourth-order valence-corrected chi connectivity index (χ4v) is 2.33. The van der Waals surface area contributed by atoms with Crippen LogP contribution < -0.4 is 0 Å². The van der Waals surface area contributed by atoms with Crippen molar-refractivity contribution in [3.8, 4) is 0 Å². The first kappa shape index (κ1) is 15.6. The highest BCUT2D eigenvalue weighted by Crippen LogP contribution is 2.28. The molecule has 3 nitrogen and oxygen atoms in total. The second kappa shape index (κ2) is 6.76. The Morgan fingerprint density at radius 3 is 2.81 bits per heavy atom. The predicted octanol–water partition coefficient (Wildman–Crippen LogP) is 4.20. The molecular weight excluding hydrogens is 291 g/mol. The molecule has 5 heteroatoms. The van der Waals surface area contributed by atoms with Crippen LogP contribution in [0.5, 0.6) is 0 Å². The molecule has 0 amide bonds. The van der Waals surface area contributed by atoms with Crippen LogP contribution in [-0.4, -0.2) is 24.7 Å². The van der Waals surface area contributed by atoms with E-state index in [-0.39, 0.29) is 11.7 Å². The Bertz CT molecular complexity index is 588. The summed E-state index contributed by atoms with van der Waals surface area (Å²) in [6.45, 7) is 2.02. The Kier molecular flexibility index (Phi) is 5.02. The third-order valence-corrected chi connectivity index (χ3v) is 3.48. The fraction of sp³-hybridized carbons (Fsp3) is 0.312. The number of hydrogen-bond donors (Lipinski definition) is 0. The number of halogens is 2. The second-order valence-corrected chi connectivity index (χ2v) is 5.43. The van der Waals surface area contributed by atoms with Gasteiger partial charge in [-0.25, -0.2) is 4.39 Å². The van der Waals surface area contributed by atoms with Gasteiger partial charge in [-0.05, 0) is 30.7 Å². The van der Waals surface area contributed by atoms with Gasteiger partial charge in [0.1, 0.15) is 5.82 Å². The molecule has 0 aromatic heterocycles. The monoisotopic (exact) mass is 308 g/mol. The quantitative estimate of drug-likeness (QED) is 0.833. The smallest absolute Gasteiger partial charge is 0.156 e. The average Bonchev–Trinajstić information content (AvgIpc) is 2.45. The lowest BCUT2D eigenvalue weighted by Gasteiger charge is -2.20. The maximum atomic E-state index is 14.0. The molecule has 1 unspecified atom stereocenters. The topological polar surface area (TPSA) is 24.8 Å². The van der Waals surface area contributed by atoms with Gasteiger partial charge < -0.3 is 9.74 Å². The average molecular weight is 309 g/mol. The largest absolute Gasteiger partial charge is 0.383 e. The highest BCUT2D eigenvalue weighted by molar-refractivity contribution is 6.34. The SMILES string of the molecule is CCC1C=C(/C=C/N(C)C)ON=C1c1c(F)cccc1Cl. The molecule has 1 atom stereocenters. The van der Waals surface area contributed by atoms with Gasteiger partial charge in [0.15, 0.2) is 5.76 Å². The summed E-state index contributed by atoms with van der Waals surface area (Å²) in [7, 11) is 3.84. The molecule has 1 aromatic rings. The summed E-state index contributed by atoms with van der Waals surface area (Å²) in [5.41, 5.74) is 0.848. The molecule has 1 aliphatic rings. The van der Waals surface area contributed by atoms with Gasteiger partial charge in [0.2, 0.25) is 0 Å². The van der Waals surface area contributed by atoms with Crippen molar-refractivity contribution in [3.63, 3.8) is 0 Å². The maximum absolute atomic E-state index is 14.0. The van der Waals surface area contributed by atoms with E-state index in [9.17, 15) is 4.39 Å². The van der Waals surface area contributed by atoms with E-state index in [1.54, 1.807) is 12.1 Å². The van der Waals surface area contributed by atoms with Crippen LogP contribution in [-0.2, 0) is 4.84 Å². The van der Waals surface area contributed by atoms with Crippen molar-refractivity contribution in [1.29, 1.82) is 0 Å². The van der Waals surface area contributed by atoms with E-state index < -0.39 is 0 Å². The molecule has 0 saturated carbocycles. The number of hydrogen-bond acceptors (Lipinski definition) is 3. The lowest BCUT2D eigenvalue weighted by molar-refractivity contribution is 0.228. The molecule has 0 bridgehead atoms. The third kappa shape index (κ3) is 3.64. The van der Waals surface area contributed by atoms with Gasteiger partial charge in [-0.15, -0.1) is 0 Å². The van der Waals surface area contributed by atoms with Crippen molar-refractivity contribution in [2.24, 2.45) is 11.1 Å². The first-order chi connectivity index (χ1) is 10.0. The van der Waals surface area contributed by atoms with Gasteiger partial charge in [-0.3, -0.25) is 0 Å². The zero-order valence-electron chi connectivity index (χ0n) is 12.3. The van der Waals surface area contributed by atoms with E-state index in [4.69, 9.17) is 16.4 Å². The Labute approximate surface area is 129 Å². The number of allylic oxidation sites excluding steroid dienone is 2. The zero-order valence-corrected chi connectivity index (χ0v) is 13.1. The molecule has 0 N–H and O–H groups in total. The van der Waals surface area contributed by atoms with E-state index in [1.165, 1.54) is 6.07 Å². The summed E-state index contributed by atoms with van der Waals surface area (Å²) in [4.78, 5) is 7.25. The molecule has 1 heterocycles.